The van der Waals surface area contributed by atoms with Gasteiger partial charge in [0.1, 0.15) is 0 Å². The monoisotopic (exact) mass is 212 g/mol. The molecule has 0 aliphatic carbocycles. The third-order valence-corrected chi connectivity index (χ3v) is 1.59. The Hall–Kier alpha value is -1.59. The molecular formula is C9H16N4O2. The Kier molecular flexibility index (Phi) is 4.08. The molecule has 15 heavy (non-hydrogen) atoms. The number of hydrogen-bond acceptors (Lipinski definition) is 4. The molecule has 1 heterocycles. The molecule has 0 saturated heterocycles. The Balaban J connectivity index is 2.46. The zero-order valence-corrected chi connectivity index (χ0v) is 9.20. The highest BCUT2D eigenvalue weighted by Gasteiger charge is 2.08. The predicted molar refractivity (Wildman–Crippen MR) is 55.6 cm³/mol. The molecule has 0 aromatic carbocycles. The number of carbonyl (C=O) groups is 1. The molecule has 84 valence electrons. The van der Waals surface area contributed by atoms with Crippen molar-refractivity contribution >= 4 is 11.9 Å². The number of aromatic amines is 1. The van der Waals surface area contributed by atoms with Crippen molar-refractivity contribution in [2.24, 2.45) is 5.92 Å². The highest BCUT2D eigenvalue weighted by molar-refractivity contribution is 5.88. The van der Waals surface area contributed by atoms with E-state index in [1.807, 2.05) is 20.8 Å². The summed E-state index contributed by atoms with van der Waals surface area (Å²) in [5.74, 6) is 0.563. The van der Waals surface area contributed by atoms with Gasteiger partial charge in [-0.05, 0) is 12.8 Å². The number of amides is 1. The van der Waals surface area contributed by atoms with Crippen LogP contribution >= 0.6 is 0 Å². The number of nitrogens with zero attached hydrogens (tertiary/aromatic N) is 2. The van der Waals surface area contributed by atoms with Crippen LogP contribution in [0.2, 0.25) is 0 Å². The molecule has 0 spiro atoms. The van der Waals surface area contributed by atoms with Gasteiger partial charge in [-0.1, -0.05) is 13.8 Å². The Morgan fingerprint density at radius 3 is 2.93 bits per heavy atom. The van der Waals surface area contributed by atoms with Gasteiger partial charge in [-0.25, -0.2) is 5.10 Å². The van der Waals surface area contributed by atoms with Crippen molar-refractivity contribution in [3.05, 3.63) is 0 Å². The van der Waals surface area contributed by atoms with Gasteiger partial charge in [0.25, 0.3) is 0 Å². The lowest BCUT2D eigenvalue weighted by molar-refractivity contribution is -0.116. The van der Waals surface area contributed by atoms with Gasteiger partial charge in [-0.2, -0.15) is 4.98 Å². The maximum Gasteiger partial charge on any atom is 0.337 e. The maximum absolute atomic E-state index is 11.4. The van der Waals surface area contributed by atoms with Crippen molar-refractivity contribution in [1.82, 2.24) is 15.2 Å². The average Bonchev–Trinajstić information content (AvgIpc) is 2.51. The third-order valence-electron chi connectivity index (χ3n) is 1.59. The van der Waals surface area contributed by atoms with E-state index in [0.29, 0.717) is 24.9 Å². The number of aromatic nitrogens is 3. The molecule has 0 bridgehead atoms. The molecule has 2 N–H and O–H groups in total. The summed E-state index contributed by atoms with van der Waals surface area (Å²) in [7, 11) is 0. The number of H-pyrrole nitrogens is 1. The first-order valence-corrected chi connectivity index (χ1v) is 4.96. The van der Waals surface area contributed by atoms with Crippen molar-refractivity contribution in [3.63, 3.8) is 0 Å². The molecule has 0 fully saturated rings. The molecule has 1 aromatic heterocycles. The number of anilines is 1. The highest BCUT2D eigenvalue weighted by atomic mass is 16.5. The number of nitrogens with one attached hydrogen (secondary N) is 2. The van der Waals surface area contributed by atoms with E-state index in [1.54, 1.807) is 0 Å². The van der Waals surface area contributed by atoms with Crippen LogP contribution in [-0.2, 0) is 4.79 Å². The van der Waals surface area contributed by atoms with E-state index in [1.165, 1.54) is 0 Å². The molecule has 0 atom stereocenters. The van der Waals surface area contributed by atoms with Crippen molar-refractivity contribution in [2.45, 2.75) is 27.2 Å². The summed E-state index contributed by atoms with van der Waals surface area (Å²) in [5, 5.41) is 8.95. The lowest BCUT2D eigenvalue weighted by Gasteiger charge is -2.02. The van der Waals surface area contributed by atoms with E-state index < -0.39 is 0 Å². The maximum atomic E-state index is 11.4. The minimum absolute atomic E-state index is 0.0794. The summed E-state index contributed by atoms with van der Waals surface area (Å²) in [6.45, 7) is 6.29. The number of carbonyl (C=O) groups excluding carboxylic acids is 1. The van der Waals surface area contributed by atoms with Crippen LogP contribution in [0.4, 0.5) is 5.95 Å². The average molecular weight is 212 g/mol. The van der Waals surface area contributed by atoms with E-state index in [2.05, 4.69) is 20.5 Å². The SMILES string of the molecule is CCOc1n[nH]c(NC(=O)CC(C)C)n1. The number of rotatable bonds is 5. The summed E-state index contributed by atoms with van der Waals surface area (Å²) < 4.78 is 5.04. The molecule has 0 unspecified atom stereocenters. The van der Waals surface area contributed by atoms with E-state index in [-0.39, 0.29) is 11.9 Å². The molecule has 0 saturated carbocycles. The first-order valence-electron chi connectivity index (χ1n) is 4.96. The highest BCUT2D eigenvalue weighted by Crippen LogP contribution is 2.07. The molecule has 6 heteroatoms. The topological polar surface area (TPSA) is 79.9 Å². The van der Waals surface area contributed by atoms with Crippen LogP contribution in [0.25, 0.3) is 0 Å². The second kappa shape index (κ2) is 5.33. The van der Waals surface area contributed by atoms with Crippen LogP contribution < -0.4 is 10.1 Å². The van der Waals surface area contributed by atoms with Gasteiger partial charge in [0, 0.05) is 6.42 Å². The van der Waals surface area contributed by atoms with Gasteiger partial charge in [0.15, 0.2) is 0 Å². The Morgan fingerprint density at radius 1 is 1.60 bits per heavy atom. The van der Waals surface area contributed by atoms with Crippen molar-refractivity contribution in [1.29, 1.82) is 0 Å². The molecular weight excluding hydrogens is 196 g/mol. The van der Waals surface area contributed by atoms with Gasteiger partial charge < -0.3 is 4.74 Å². The van der Waals surface area contributed by atoms with Crippen molar-refractivity contribution in [3.8, 4) is 6.01 Å². The molecule has 1 rings (SSSR count). The van der Waals surface area contributed by atoms with Gasteiger partial charge in [-0.3, -0.25) is 10.1 Å². The van der Waals surface area contributed by atoms with E-state index >= 15 is 0 Å². The predicted octanol–water partition coefficient (Wildman–Crippen LogP) is 1.19. The number of hydrogen-bond donors (Lipinski definition) is 2. The van der Waals surface area contributed by atoms with Crippen LogP contribution in [0.15, 0.2) is 0 Å². The second-order valence-electron chi connectivity index (χ2n) is 3.55. The summed E-state index contributed by atoms with van der Waals surface area (Å²) >= 11 is 0. The quantitative estimate of drug-likeness (QED) is 0.768. The first-order chi connectivity index (χ1) is 7.11. The van der Waals surface area contributed by atoms with Crippen LogP contribution in [0.1, 0.15) is 27.2 Å². The lowest BCUT2D eigenvalue weighted by atomic mass is 10.1. The minimum atomic E-state index is -0.0794. The summed E-state index contributed by atoms with van der Waals surface area (Å²) in [4.78, 5) is 15.3. The Labute approximate surface area is 88.4 Å². The normalized spacial score (nSPS) is 10.4. The minimum Gasteiger partial charge on any atom is -0.463 e. The summed E-state index contributed by atoms with van der Waals surface area (Å²) in [5.41, 5.74) is 0. The van der Waals surface area contributed by atoms with Gasteiger partial charge in [0.05, 0.1) is 6.61 Å². The largest absolute Gasteiger partial charge is 0.463 e. The van der Waals surface area contributed by atoms with Crippen LogP contribution in [0.5, 0.6) is 6.01 Å². The van der Waals surface area contributed by atoms with Gasteiger partial charge in [-0.15, -0.1) is 5.10 Å². The molecule has 0 aliphatic heterocycles. The van der Waals surface area contributed by atoms with Crippen molar-refractivity contribution in [2.75, 3.05) is 11.9 Å². The Bertz CT molecular complexity index is 322. The fourth-order valence-electron chi connectivity index (χ4n) is 1.05. The van der Waals surface area contributed by atoms with Crippen molar-refractivity contribution < 1.29 is 9.53 Å². The van der Waals surface area contributed by atoms with Gasteiger partial charge >= 0.3 is 6.01 Å². The zero-order valence-electron chi connectivity index (χ0n) is 9.20. The third kappa shape index (κ3) is 3.97. The summed E-state index contributed by atoms with van der Waals surface area (Å²) in [6, 6.07) is 0.248. The molecule has 6 nitrogen and oxygen atoms in total. The standard InChI is InChI=1S/C9H16N4O2/c1-4-15-9-11-8(12-13-9)10-7(14)5-6(2)3/h6H,4-5H2,1-3H3,(H2,10,11,12,13,14). The summed E-state index contributed by atoms with van der Waals surface area (Å²) in [6.07, 6.45) is 0.463. The molecule has 1 aromatic rings. The zero-order chi connectivity index (χ0) is 11.3. The van der Waals surface area contributed by atoms with Gasteiger partial charge in [0.2, 0.25) is 11.9 Å². The smallest absolute Gasteiger partial charge is 0.337 e. The van der Waals surface area contributed by atoms with E-state index in [0.717, 1.165) is 0 Å². The fourth-order valence-corrected chi connectivity index (χ4v) is 1.05. The lowest BCUT2D eigenvalue weighted by Crippen LogP contribution is -2.14. The van der Waals surface area contributed by atoms with E-state index in [9.17, 15) is 4.79 Å². The van der Waals surface area contributed by atoms with Crippen LogP contribution in [0, 0.1) is 5.92 Å². The molecule has 0 radical (unpaired) electrons. The van der Waals surface area contributed by atoms with Crippen LogP contribution in [-0.4, -0.2) is 27.7 Å². The van der Waals surface area contributed by atoms with Crippen LogP contribution in [0.3, 0.4) is 0 Å². The fraction of sp³-hybridized carbons (Fsp3) is 0.667. The van der Waals surface area contributed by atoms with E-state index in [4.69, 9.17) is 4.74 Å². The number of ether oxygens (including phenoxy) is 1. The Morgan fingerprint density at radius 2 is 2.33 bits per heavy atom. The molecule has 0 aliphatic rings. The molecule has 1 amide bonds. The first kappa shape index (κ1) is 11.5. The second-order valence-corrected chi connectivity index (χ2v) is 3.55.